The van der Waals surface area contributed by atoms with Crippen LogP contribution < -0.4 is 10.5 Å². The maximum atomic E-state index is 12.4. The van der Waals surface area contributed by atoms with Crippen LogP contribution in [0.4, 0.5) is 5.82 Å². The third kappa shape index (κ3) is 6.73. The Hall–Kier alpha value is -1.56. The van der Waals surface area contributed by atoms with Crippen LogP contribution in [-0.4, -0.2) is 66.0 Å². The fourth-order valence-electron chi connectivity index (χ4n) is 2.47. The van der Waals surface area contributed by atoms with Gasteiger partial charge in [-0.3, -0.25) is 9.13 Å². The number of rotatable bonds is 14. The summed E-state index contributed by atoms with van der Waals surface area (Å²) in [5.74, 6) is 0.197. The second-order valence-electron chi connectivity index (χ2n) is 6.05. The molecule has 2 aromatic rings. The third-order valence-corrected chi connectivity index (χ3v) is 6.07. The topological polar surface area (TPSA) is 133 Å². The summed E-state index contributed by atoms with van der Waals surface area (Å²) in [6.07, 6.45) is -0.161. The van der Waals surface area contributed by atoms with E-state index in [0.29, 0.717) is 34.6 Å². The first-order valence-electron chi connectivity index (χ1n) is 9.27. The summed E-state index contributed by atoms with van der Waals surface area (Å²) >= 11 is 3.40. The van der Waals surface area contributed by atoms with Gasteiger partial charge in [0.2, 0.25) is 0 Å². The monoisotopic (exact) mass is 507 g/mol. The van der Waals surface area contributed by atoms with Crippen LogP contribution in [0.25, 0.3) is 11.2 Å². The van der Waals surface area contributed by atoms with Gasteiger partial charge >= 0.3 is 13.6 Å². The minimum Gasteiger partial charge on any atom is -0.461 e. The molecule has 2 rings (SSSR count). The van der Waals surface area contributed by atoms with Gasteiger partial charge in [-0.1, -0.05) is 6.58 Å². The molecule has 0 amide bonds. The third-order valence-electron chi connectivity index (χ3n) is 3.66. The summed E-state index contributed by atoms with van der Waals surface area (Å²) in [6, 6.07) is 0.127. The number of methoxy groups -OCH3 is 1. The second-order valence-corrected chi connectivity index (χ2v) is 8.75. The molecule has 0 unspecified atom stereocenters. The Morgan fingerprint density at radius 2 is 1.90 bits per heavy atom. The van der Waals surface area contributed by atoms with E-state index in [1.54, 1.807) is 25.5 Å². The van der Waals surface area contributed by atoms with E-state index in [1.807, 2.05) is 0 Å². The molecule has 0 radical (unpaired) electrons. The van der Waals surface area contributed by atoms with Crippen LogP contribution in [0.3, 0.4) is 0 Å². The maximum Gasteiger partial charge on any atom is 0.356 e. The summed E-state index contributed by atoms with van der Waals surface area (Å²) < 4.78 is 41.1. The van der Waals surface area contributed by atoms with Crippen molar-refractivity contribution >= 4 is 40.5 Å². The molecule has 2 heterocycles. The van der Waals surface area contributed by atoms with Crippen molar-refractivity contribution in [2.75, 3.05) is 52.2 Å². The molecule has 11 nitrogen and oxygen atoms in total. The number of nitrogen functional groups attached to an aromatic ring is 1. The van der Waals surface area contributed by atoms with Gasteiger partial charge in [-0.15, -0.1) is 0 Å². The van der Waals surface area contributed by atoms with Gasteiger partial charge in [0.15, 0.2) is 21.7 Å². The molecule has 0 saturated carbocycles. The molecule has 0 bridgehead atoms. The first-order chi connectivity index (χ1) is 14.3. The largest absolute Gasteiger partial charge is 0.461 e. The molecular formula is C17H27BrN5O6P. The minimum absolute atomic E-state index is 0.127. The van der Waals surface area contributed by atoms with Crippen LogP contribution in [0.5, 0.6) is 6.01 Å². The number of ether oxygens (including phenoxy) is 3. The maximum absolute atomic E-state index is 12.4. The molecule has 0 saturated heterocycles. The van der Waals surface area contributed by atoms with Crippen molar-refractivity contribution in [1.82, 2.24) is 19.5 Å². The average molecular weight is 508 g/mol. The summed E-state index contributed by atoms with van der Waals surface area (Å²) in [5, 5.41) is 0. The quantitative estimate of drug-likeness (QED) is 0.176. The van der Waals surface area contributed by atoms with Crippen LogP contribution in [0.2, 0.25) is 0 Å². The Kier molecular flexibility index (Phi) is 9.66. The van der Waals surface area contributed by atoms with Crippen molar-refractivity contribution in [3.05, 3.63) is 16.9 Å². The van der Waals surface area contributed by atoms with E-state index in [2.05, 4.69) is 37.5 Å². The highest BCUT2D eigenvalue weighted by Crippen LogP contribution is 2.47. The smallest absolute Gasteiger partial charge is 0.356 e. The van der Waals surface area contributed by atoms with Crippen LogP contribution in [0.15, 0.2) is 16.9 Å². The molecule has 0 aliphatic carbocycles. The van der Waals surface area contributed by atoms with Crippen LogP contribution in [0, 0.1) is 0 Å². The molecule has 0 spiro atoms. The fraction of sp³-hybridized carbons (Fsp3) is 0.588. The highest BCUT2D eigenvalue weighted by atomic mass is 79.9. The van der Waals surface area contributed by atoms with Crippen LogP contribution >= 0.6 is 23.5 Å². The van der Waals surface area contributed by atoms with E-state index < -0.39 is 7.60 Å². The van der Waals surface area contributed by atoms with Crippen molar-refractivity contribution in [3.8, 4) is 6.01 Å². The molecule has 30 heavy (non-hydrogen) atoms. The lowest BCUT2D eigenvalue weighted by Gasteiger charge is -2.17. The Bertz CT molecular complexity index is 898. The zero-order valence-electron chi connectivity index (χ0n) is 17.3. The lowest BCUT2D eigenvalue weighted by molar-refractivity contribution is 0.141. The van der Waals surface area contributed by atoms with Crippen molar-refractivity contribution in [1.29, 1.82) is 0 Å². The normalized spacial score (nSPS) is 11.9. The van der Waals surface area contributed by atoms with Gasteiger partial charge in [0.25, 0.3) is 0 Å². The van der Waals surface area contributed by atoms with Gasteiger partial charge in [-0.25, -0.2) is 4.98 Å². The molecule has 0 atom stereocenters. The number of aromatic nitrogens is 4. The molecular weight excluding hydrogens is 481 g/mol. The standard InChI is InChI=1S/C17H27BrN5O6P/c1-5-28-30(24,29-6-2)11-26-10-12(3)9-23-15-13(20-16(23)18)14(19)21-17(22-15)27-8-7-25-4/h3,5-11H2,1-2,4H3,(H2,19,21,22). The lowest BCUT2D eigenvalue weighted by atomic mass is 10.3. The minimum atomic E-state index is -3.28. The number of hydrogen-bond acceptors (Lipinski definition) is 10. The number of anilines is 1. The van der Waals surface area contributed by atoms with E-state index >= 15 is 0 Å². The summed E-state index contributed by atoms with van der Waals surface area (Å²) in [7, 11) is -1.70. The van der Waals surface area contributed by atoms with E-state index in [0.717, 1.165) is 0 Å². The van der Waals surface area contributed by atoms with Crippen LogP contribution in [0.1, 0.15) is 13.8 Å². The van der Waals surface area contributed by atoms with Crippen molar-refractivity contribution in [2.45, 2.75) is 20.4 Å². The molecule has 0 aliphatic rings. The van der Waals surface area contributed by atoms with Gasteiger partial charge < -0.3 is 29.0 Å². The van der Waals surface area contributed by atoms with Gasteiger partial charge in [0, 0.05) is 13.7 Å². The number of hydrogen-bond donors (Lipinski definition) is 1. The number of nitrogens with two attached hydrogens (primary N) is 1. The van der Waals surface area contributed by atoms with E-state index in [1.165, 1.54) is 0 Å². The highest BCUT2D eigenvalue weighted by molar-refractivity contribution is 9.10. The lowest BCUT2D eigenvalue weighted by Crippen LogP contribution is -2.11. The number of halogens is 1. The van der Waals surface area contributed by atoms with E-state index in [9.17, 15) is 4.57 Å². The van der Waals surface area contributed by atoms with Gasteiger partial charge in [0.05, 0.1) is 26.4 Å². The van der Waals surface area contributed by atoms with Crippen LogP contribution in [-0.2, 0) is 29.6 Å². The second kappa shape index (κ2) is 11.7. The fourth-order valence-corrected chi connectivity index (χ4v) is 4.27. The zero-order chi connectivity index (χ0) is 22.1. The molecule has 0 aliphatic heterocycles. The molecule has 0 fully saturated rings. The van der Waals surface area contributed by atoms with E-state index in [4.69, 9.17) is 29.0 Å². The SMILES string of the molecule is C=C(COCP(=O)(OCC)OCC)Cn1c(Br)nc2c(N)nc(OCCOC)nc21. The number of fused-ring (bicyclic) bond motifs is 1. The number of imidazole rings is 1. The van der Waals surface area contributed by atoms with Gasteiger partial charge in [0.1, 0.15) is 13.0 Å². The predicted octanol–water partition coefficient (Wildman–Crippen LogP) is 2.99. The molecule has 2 aromatic heterocycles. The molecule has 0 aromatic carbocycles. The van der Waals surface area contributed by atoms with Gasteiger partial charge in [-0.2, -0.15) is 9.97 Å². The Labute approximate surface area is 183 Å². The van der Waals surface area contributed by atoms with E-state index in [-0.39, 0.29) is 44.6 Å². The zero-order valence-corrected chi connectivity index (χ0v) is 19.8. The Balaban J connectivity index is 2.07. The first kappa shape index (κ1) is 24.7. The number of nitrogens with zero attached hydrogens (tertiary/aromatic N) is 4. The van der Waals surface area contributed by atoms with Crippen molar-refractivity contribution in [3.63, 3.8) is 0 Å². The molecule has 168 valence electrons. The molecule has 2 N–H and O–H groups in total. The van der Waals surface area contributed by atoms with Gasteiger partial charge in [-0.05, 0) is 35.4 Å². The summed E-state index contributed by atoms with van der Waals surface area (Å²) in [5.41, 5.74) is 7.60. The summed E-state index contributed by atoms with van der Waals surface area (Å²) in [4.78, 5) is 12.8. The predicted molar refractivity (Wildman–Crippen MR) is 116 cm³/mol. The Morgan fingerprint density at radius 1 is 1.20 bits per heavy atom. The summed E-state index contributed by atoms with van der Waals surface area (Å²) in [6.45, 7) is 9.19. The Morgan fingerprint density at radius 3 is 2.53 bits per heavy atom. The van der Waals surface area contributed by atoms with Crippen molar-refractivity contribution in [2.24, 2.45) is 0 Å². The average Bonchev–Trinajstić information content (AvgIpc) is 2.99. The van der Waals surface area contributed by atoms with Crippen molar-refractivity contribution < 1.29 is 27.8 Å². The first-order valence-corrected chi connectivity index (χ1v) is 11.8. The molecule has 13 heteroatoms. The highest BCUT2D eigenvalue weighted by Gasteiger charge is 2.24.